The van der Waals surface area contributed by atoms with Crippen molar-refractivity contribution in [3.05, 3.63) is 57.3 Å². The highest BCUT2D eigenvalue weighted by Gasteiger charge is 2.31. The number of anilines is 2. The van der Waals surface area contributed by atoms with Crippen LogP contribution in [0.25, 0.3) is 11.4 Å². The van der Waals surface area contributed by atoms with E-state index in [2.05, 4.69) is 20.0 Å². The summed E-state index contributed by atoms with van der Waals surface area (Å²) >= 11 is 7.44. The van der Waals surface area contributed by atoms with E-state index in [1.165, 1.54) is 36.5 Å². The van der Waals surface area contributed by atoms with Gasteiger partial charge in [-0.1, -0.05) is 11.6 Å². The van der Waals surface area contributed by atoms with E-state index < -0.39 is 15.8 Å². The van der Waals surface area contributed by atoms with Gasteiger partial charge < -0.3 is 5.32 Å². The van der Waals surface area contributed by atoms with E-state index in [9.17, 15) is 17.6 Å². The molecule has 1 amide bonds. The average molecular weight is 481 g/mol. The molecule has 0 unspecified atom stereocenters. The van der Waals surface area contributed by atoms with Crippen molar-refractivity contribution in [3.63, 3.8) is 0 Å². The number of thiophene rings is 1. The highest BCUT2D eigenvalue weighted by atomic mass is 35.5. The lowest BCUT2D eigenvalue weighted by atomic mass is 10.1. The number of benzene rings is 1. The second kappa shape index (κ2) is 8.52. The maximum atomic E-state index is 13.2. The Labute approximate surface area is 187 Å². The van der Waals surface area contributed by atoms with Gasteiger partial charge in [0.25, 0.3) is 5.91 Å². The lowest BCUT2D eigenvalue weighted by molar-refractivity contribution is 0.103. The van der Waals surface area contributed by atoms with Crippen LogP contribution in [0.15, 0.2) is 36.7 Å². The fourth-order valence-electron chi connectivity index (χ4n) is 2.96. The van der Waals surface area contributed by atoms with Gasteiger partial charge in [-0.25, -0.2) is 22.8 Å². The maximum absolute atomic E-state index is 13.2. The van der Waals surface area contributed by atoms with Gasteiger partial charge in [-0.3, -0.25) is 9.52 Å². The molecule has 7 nitrogen and oxygen atoms in total. The normalized spacial score (nSPS) is 13.8. The molecule has 4 rings (SSSR count). The van der Waals surface area contributed by atoms with Crippen molar-refractivity contribution in [3.8, 4) is 11.4 Å². The summed E-state index contributed by atoms with van der Waals surface area (Å²) in [5.74, 6) is -0.268. The first-order valence-electron chi connectivity index (χ1n) is 9.48. The van der Waals surface area contributed by atoms with Gasteiger partial charge in [-0.05, 0) is 49.9 Å². The Bertz CT molecular complexity index is 1240. The second-order valence-corrected chi connectivity index (χ2v) is 10.6. The van der Waals surface area contributed by atoms with Gasteiger partial charge in [0.05, 0.1) is 28.7 Å². The predicted molar refractivity (Wildman–Crippen MR) is 120 cm³/mol. The molecule has 1 saturated carbocycles. The minimum atomic E-state index is -3.49. The Morgan fingerprint density at radius 1 is 1.19 bits per heavy atom. The Balaban J connectivity index is 1.60. The molecule has 11 heteroatoms. The fourth-order valence-corrected chi connectivity index (χ4v) is 5.03. The maximum Gasteiger partial charge on any atom is 0.265 e. The number of hydrogen-bond acceptors (Lipinski definition) is 6. The molecule has 2 N–H and O–H groups in total. The third kappa shape index (κ3) is 5.20. The molecule has 1 fully saturated rings. The molecule has 0 atom stereocenters. The van der Waals surface area contributed by atoms with E-state index >= 15 is 0 Å². The molecule has 0 radical (unpaired) electrons. The summed E-state index contributed by atoms with van der Waals surface area (Å²) in [7, 11) is -3.49. The fraction of sp³-hybridized carbons (Fsp3) is 0.250. The van der Waals surface area contributed by atoms with Crippen LogP contribution >= 0.6 is 22.9 Å². The molecule has 31 heavy (non-hydrogen) atoms. The first kappa shape index (κ1) is 21.7. The van der Waals surface area contributed by atoms with Gasteiger partial charge in [0.2, 0.25) is 10.0 Å². The number of rotatable bonds is 7. The van der Waals surface area contributed by atoms with Crippen molar-refractivity contribution in [2.45, 2.75) is 25.7 Å². The van der Waals surface area contributed by atoms with E-state index in [4.69, 9.17) is 11.6 Å². The quantitative estimate of drug-likeness (QED) is 0.501. The van der Waals surface area contributed by atoms with E-state index in [-0.39, 0.29) is 22.4 Å². The lowest BCUT2D eigenvalue weighted by Gasteiger charge is -2.10. The summed E-state index contributed by atoms with van der Waals surface area (Å²) < 4.78 is 39.3. The standard InChI is InChI=1S/C20H18ClFN4O3S2/c1-2-31(28,29)26-15-6-12(21)5-14(7-15)25-20(27)17-8-16(18(30-17)11-3-4-11)19-23-9-13(22)10-24-19/h5-11,26H,2-4H2,1H3,(H,25,27). The van der Waals surface area contributed by atoms with Crippen LogP contribution < -0.4 is 10.0 Å². The highest BCUT2D eigenvalue weighted by molar-refractivity contribution is 7.92. The highest BCUT2D eigenvalue weighted by Crippen LogP contribution is 2.48. The van der Waals surface area contributed by atoms with Crippen molar-refractivity contribution in [2.24, 2.45) is 0 Å². The SMILES string of the molecule is CCS(=O)(=O)Nc1cc(Cl)cc(NC(=O)c2cc(-c3ncc(F)cn3)c(C3CC3)s2)c1. The number of nitrogens with one attached hydrogen (secondary N) is 2. The number of aromatic nitrogens is 2. The molecule has 0 spiro atoms. The summed E-state index contributed by atoms with van der Waals surface area (Å²) in [6, 6.07) is 6.19. The van der Waals surface area contributed by atoms with Crippen molar-refractivity contribution in [1.29, 1.82) is 0 Å². The van der Waals surface area contributed by atoms with Crippen molar-refractivity contribution >= 4 is 50.2 Å². The zero-order valence-corrected chi connectivity index (χ0v) is 18.7. The Hall–Kier alpha value is -2.56. The average Bonchev–Trinajstić information content (AvgIpc) is 3.46. The monoisotopic (exact) mass is 480 g/mol. The van der Waals surface area contributed by atoms with E-state index in [1.54, 1.807) is 6.07 Å². The van der Waals surface area contributed by atoms with Crippen LogP contribution in [-0.2, 0) is 10.0 Å². The van der Waals surface area contributed by atoms with Crippen LogP contribution in [0.5, 0.6) is 0 Å². The van der Waals surface area contributed by atoms with Crippen molar-refractivity contribution < 1.29 is 17.6 Å². The molecule has 3 aromatic rings. The third-order valence-corrected chi connectivity index (χ3v) is 7.42. The lowest BCUT2D eigenvalue weighted by Crippen LogP contribution is -2.15. The third-order valence-electron chi connectivity index (χ3n) is 4.60. The summed E-state index contributed by atoms with van der Waals surface area (Å²) in [6.07, 6.45) is 4.23. The number of carbonyl (C=O) groups excluding carboxylic acids is 1. The largest absolute Gasteiger partial charge is 0.321 e. The zero-order valence-electron chi connectivity index (χ0n) is 16.4. The van der Waals surface area contributed by atoms with Crippen LogP contribution in [0.3, 0.4) is 0 Å². The number of carbonyl (C=O) groups is 1. The Morgan fingerprint density at radius 2 is 1.87 bits per heavy atom. The minimum Gasteiger partial charge on any atom is -0.321 e. The zero-order chi connectivity index (χ0) is 22.2. The van der Waals surface area contributed by atoms with Gasteiger partial charge in [0.15, 0.2) is 11.6 Å². The molecule has 1 aliphatic carbocycles. The van der Waals surface area contributed by atoms with Crippen molar-refractivity contribution in [2.75, 3.05) is 15.8 Å². The first-order valence-corrected chi connectivity index (χ1v) is 12.3. The molecule has 2 aromatic heterocycles. The number of amides is 1. The Kier molecular flexibility index (Phi) is 5.96. The molecule has 2 heterocycles. The van der Waals surface area contributed by atoms with Crippen LogP contribution in [0.4, 0.5) is 15.8 Å². The van der Waals surface area contributed by atoms with Crippen LogP contribution in [0, 0.1) is 5.82 Å². The van der Waals surface area contributed by atoms with Crippen LogP contribution in [0.1, 0.15) is 40.2 Å². The van der Waals surface area contributed by atoms with E-state index in [0.29, 0.717) is 22.3 Å². The van der Waals surface area contributed by atoms with Gasteiger partial charge in [-0.2, -0.15) is 0 Å². The van der Waals surface area contributed by atoms with Crippen LogP contribution in [0.2, 0.25) is 5.02 Å². The molecule has 1 aromatic carbocycles. The van der Waals surface area contributed by atoms with E-state index in [0.717, 1.165) is 35.7 Å². The first-order chi connectivity index (χ1) is 14.7. The number of halogens is 2. The molecule has 1 aliphatic rings. The van der Waals surface area contributed by atoms with Gasteiger partial charge >= 0.3 is 0 Å². The van der Waals surface area contributed by atoms with Gasteiger partial charge in [0, 0.05) is 21.2 Å². The number of hydrogen-bond donors (Lipinski definition) is 2. The van der Waals surface area contributed by atoms with Gasteiger partial charge in [-0.15, -0.1) is 11.3 Å². The smallest absolute Gasteiger partial charge is 0.265 e. The molecule has 162 valence electrons. The minimum absolute atomic E-state index is 0.0887. The topological polar surface area (TPSA) is 101 Å². The molecular formula is C20H18ClFN4O3S2. The summed E-state index contributed by atoms with van der Waals surface area (Å²) in [4.78, 5) is 22.4. The molecule has 0 aliphatic heterocycles. The molecule has 0 bridgehead atoms. The molecule has 0 saturated heterocycles. The number of sulfonamides is 1. The predicted octanol–water partition coefficient (Wildman–Crippen LogP) is 4.89. The second-order valence-electron chi connectivity index (χ2n) is 7.08. The van der Waals surface area contributed by atoms with E-state index in [1.807, 2.05) is 0 Å². The number of nitrogens with zero attached hydrogens (tertiary/aromatic N) is 2. The molecular weight excluding hydrogens is 463 g/mol. The van der Waals surface area contributed by atoms with Gasteiger partial charge in [0.1, 0.15) is 0 Å². The van der Waals surface area contributed by atoms with Crippen LogP contribution in [-0.4, -0.2) is 30.0 Å². The summed E-state index contributed by atoms with van der Waals surface area (Å²) in [5, 5.41) is 3.03. The Morgan fingerprint density at radius 3 is 2.52 bits per heavy atom. The summed E-state index contributed by atoms with van der Waals surface area (Å²) in [6.45, 7) is 1.52. The summed E-state index contributed by atoms with van der Waals surface area (Å²) in [5.41, 5.74) is 1.34. The van der Waals surface area contributed by atoms with Crippen molar-refractivity contribution in [1.82, 2.24) is 9.97 Å².